The van der Waals surface area contributed by atoms with E-state index in [1.165, 1.54) is 20.9 Å². The Labute approximate surface area is 102 Å². The van der Waals surface area contributed by atoms with Crippen LogP contribution in [0, 0.1) is 0 Å². The van der Waals surface area contributed by atoms with Crippen molar-refractivity contribution in [3.05, 3.63) is 39.6 Å². The molecule has 0 N–H and O–H groups in total. The average Bonchev–Trinajstić information content (AvgIpc) is 2.58. The maximum Gasteiger partial charge on any atom is 0.0533 e. The molecule has 0 aliphatic rings. The second-order valence-corrected chi connectivity index (χ2v) is 4.33. The van der Waals surface area contributed by atoms with Crippen LogP contribution in [0.5, 0.6) is 0 Å². The Morgan fingerprint density at radius 1 is 1.06 bits per heavy atom. The predicted molar refractivity (Wildman–Crippen MR) is 77.3 cm³/mol. The maximum absolute atomic E-state index is 4.08. The number of aliphatic imine (C=N–C) groups is 1. The molecule has 0 aliphatic carbocycles. The van der Waals surface area contributed by atoms with Gasteiger partial charge in [0.1, 0.15) is 0 Å². The van der Waals surface area contributed by atoms with Gasteiger partial charge in [-0.25, -0.2) is 0 Å². The molecule has 0 atom stereocenters. The fraction of sp³-hybridized carbons (Fsp3) is 0.214. The summed E-state index contributed by atoms with van der Waals surface area (Å²) in [6.07, 6.45) is 12.1. The molecule has 1 heterocycles. The van der Waals surface area contributed by atoms with Crippen LogP contribution in [0.15, 0.2) is 23.7 Å². The van der Waals surface area contributed by atoms with E-state index in [1.54, 1.807) is 18.4 Å². The summed E-state index contributed by atoms with van der Waals surface area (Å²) in [5.41, 5.74) is 2.40. The van der Waals surface area contributed by atoms with Crippen LogP contribution in [0.4, 0.5) is 0 Å². The lowest BCUT2D eigenvalue weighted by atomic mass is 10.1. The van der Waals surface area contributed by atoms with E-state index in [2.05, 4.69) is 35.9 Å². The van der Waals surface area contributed by atoms with Gasteiger partial charge in [-0.15, -0.1) is 11.3 Å². The smallest absolute Gasteiger partial charge is 0.0533 e. The van der Waals surface area contributed by atoms with Gasteiger partial charge in [0.05, 0.1) is 4.88 Å². The molecule has 0 radical (unpaired) electrons. The van der Waals surface area contributed by atoms with Crippen molar-refractivity contribution >= 4 is 35.8 Å². The zero-order valence-electron chi connectivity index (χ0n) is 10.0. The lowest BCUT2D eigenvalue weighted by molar-refractivity contribution is 1.47. The van der Waals surface area contributed by atoms with Crippen LogP contribution in [0.1, 0.15) is 34.7 Å². The second kappa shape index (κ2) is 6.23. The Kier molecular flexibility index (Phi) is 4.93. The zero-order valence-corrected chi connectivity index (χ0v) is 10.8. The van der Waals surface area contributed by atoms with Crippen LogP contribution in [0.25, 0.3) is 18.2 Å². The average molecular weight is 231 g/mol. The summed E-state index contributed by atoms with van der Waals surface area (Å²) >= 11 is 1.74. The summed E-state index contributed by atoms with van der Waals surface area (Å²) in [6, 6.07) is 0. The molecule has 1 nitrogen and oxygen atoms in total. The molecule has 1 aromatic heterocycles. The van der Waals surface area contributed by atoms with Crippen LogP contribution in [-0.4, -0.2) is 13.3 Å². The highest BCUT2D eigenvalue weighted by atomic mass is 32.1. The van der Waals surface area contributed by atoms with E-state index in [0.717, 1.165) is 0 Å². The molecule has 16 heavy (non-hydrogen) atoms. The molecule has 0 aromatic carbocycles. The van der Waals surface area contributed by atoms with Crippen molar-refractivity contribution in [2.45, 2.75) is 13.8 Å². The van der Waals surface area contributed by atoms with Gasteiger partial charge in [-0.1, -0.05) is 30.9 Å². The van der Waals surface area contributed by atoms with Gasteiger partial charge in [0.15, 0.2) is 0 Å². The molecule has 0 spiro atoms. The third-order valence-electron chi connectivity index (χ3n) is 2.14. The van der Waals surface area contributed by atoms with Crippen LogP contribution in [0.2, 0.25) is 0 Å². The predicted octanol–water partition coefficient (Wildman–Crippen LogP) is 4.51. The molecule has 2 heteroatoms. The van der Waals surface area contributed by atoms with Gasteiger partial charge in [0, 0.05) is 29.3 Å². The number of rotatable bonds is 4. The standard InChI is InChI=1S/C14H17NS/c1-5-8-12-11(7-3)14(10-15-4)16-13(12)9-6-2/h5-10H,3H2,1-2,4H3/b8-5-,9-6-,15-10?. The van der Waals surface area contributed by atoms with Crippen LogP contribution >= 0.6 is 11.3 Å². The molecular weight excluding hydrogens is 214 g/mol. The van der Waals surface area contributed by atoms with Gasteiger partial charge in [-0.2, -0.15) is 0 Å². The molecule has 0 aliphatic heterocycles. The van der Waals surface area contributed by atoms with E-state index in [1.807, 2.05) is 26.1 Å². The summed E-state index contributed by atoms with van der Waals surface area (Å²) in [6.45, 7) is 7.93. The second-order valence-electron chi connectivity index (χ2n) is 3.25. The van der Waals surface area contributed by atoms with E-state index < -0.39 is 0 Å². The minimum Gasteiger partial charge on any atom is -0.295 e. The number of nitrogens with zero attached hydrogens (tertiary/aromatic N) is 1. The summed E-state index contributed by atoms with van der Waals surface area (Å²) < 4.78 is 0. The van der Waals surface area contributed by atoms with Gasteiger partial charge in [-0.05, 0) is 19.9 Å². The maximum atomic E-state index is 4.08. The van der Waals surface area contributed by atoms with Crippen LogP contribution in [0.3, 0.4) is 0 Å². The summed E-state index contributed by atoms with van der Waals surface area (Å²) in [5.74, 6) is 0. The van der Waals surface area contributed by atoms with E-state index in [0.29, 0.717) is 0 Å². The molecule has 1 rings (SSSR count). The molecular formula is C14H17NS. The first kappa shape index (κ1) is 12.7. The van der Waals surface area contributed by atoms with Crippen molar-refractivity contribution in [1.29, 1.82) is 0 Å². The number of allylic oxidation sites excluding steroid dienone is 2. The normalized spacial score (nSPS) is 12.2. The van der Waals surface area contributed by atoms with Crippen molar-refractivity contribution in [1.82, 2.24) is 0 Å². The van der Waals surface area contributed by atoms with Gasteiger partial charge in [0.25, 0.3) is 0 Å². The Morgan fingerprint density at radius 3 is 2.25 bits per heavy atom. The van der Waals surface area contributed by atoms with Crippen molar-refractivity contribution in [2.75, 3.05) is 7.05 Å². The fourth-order valence-corrected chi connectivity index (χ4v) is 2.72. The van der Waals surface area contributed by atoms with Crippen molar-refractivity contribution < 1.29 is 0 Å². The van der Waals surface area contributed by atoms with E-state index in [9.17, 15) is 0 Å². The van der Waals surface area contributed by atoms with Gasteiger partial charge in [0.2, 0.25) is 0 Å². The van der Waals surface area contributed by atoms with E-state index >= 15 is 0 Å². The largest absolute Gasteiger partial charge is 0.295 e. The first-order valence-electron chi connectivity index (χ1n) is 5.25. The first-order valence-corrected chi connectivity index (χ1v) is 6.06. The number of hydrogen-bond donors (Lipinski definition) is 0. The van der Waals surface area contributed by atoms with Gasteiger partial charge in [-0.3, -0.25) is 4.99 Å². The molecule has 0 amide bonds. The monoisotopic (exact) mass is 231 g/mol. The van der Waals surface area contributed by atoms with E-state index in [4.69, 9.17) is 0 Å². The Bertz CT molecular complexity index is 448. The summed E-state index contributed by atoms with van der Waals surface area (Å²) in [5, 5.41) is 0. The van der Waals surface area contributed by atoms with Crippen molar-refractivity contribution in [2.24, 2.45) is 4.99 Å². The first-order chi connectivity index (χ1) is 7.78. The molecule has 0 bridgehead atoms. The highest BCUT2D eigenvalue weighted by Crippen LogP contribution is 2.31. The minimum absolute atomic E-state index is 1.17. The minimum atomic E-state index is 1.17. The number of hydrogen-bond acceptors (Lipinski definition) is 2. The Balaban J connectivity index is 3.44. The molecule has 0 saturated heterocycles. The third-order valence-corrected chi connectivity index (χ3v) is 3.26. The van der Waals surface area contributed by atoms with Crippen LogP contribution in [-0.2, 0) is 0 Å². The highest BCUT2D eigenvalue weighted by Gasteiger charge is 2.10. The zero-order chi connectivity index (χ0) is 12.0. The van der Waals surface area contributed by atoms with E-state index in [-0.39, 0.29) is 0 Å². The topological polar surface area (TPSA) is 12.4 Å². The Hall–Kier alpha value is -1.41. The van der Waals surface area contributed by atoms with Gasteiger partial charge < -0.3 is 0 Å². The van der Waals surface area contributed by atoms with Crippen molar-refractivity contribution in [3.63, 3.8) is 0 Å². The van der Waals surface area contributed by atoms with Crippen LogP contribution < -0.4 is 0 Å². The highest BCUT2D eigenvalue weighted by molar-refractivity contribution is 7.15. The summed E-state index contributed by atoms with van der Waals surface area (Å²) in [7, 11) is 1.79. The SMILES string of the molecule is C=Cc1c(C=NC)sc(/C=C\C)c1/C=C\C. The molecule has 0 fully saturated rings. The third kappa shape index (κ3) is 2.58. The lowest BCUT2D eigenvalue weighted by Gasteiger charge is -1.95. The van der Waals surface area contributed by atoms with Gasteiger partial charge >= 0.3 is 0 Å². The molecule has 0 saturated carbocycles. The molecule has 1 aromatic rings. The quantitative estimate of drug-likeness (QED) is 0.676. The fourth-order valence-electron chi connectivity index (χ4n) is 1.53. The number of thiophene rings is 1. The Morgan fingerprint density at radius 2 is 1.75 bits per heavy atom. The molecule has 0 unspecified atom stereocenters. The summed E-state index contributed by atoms with van der Waals surface area (Å²) in [4.78, 5) is 6.50. The van der Waals surface area contributed by atoms with Crippen molar-refractivity contribution in [3.8, 4) is 0 Å². The lowest BCUT2D eigenvalue weighted by Crippen LogP contribution is -1.81. The molecule has 84 valence electrons.